The highest BCUT2D eigenvalue weighted by Gasteiger charge is 2.28. The van der Waals surface area contributed by atoms with Gasteiger partial charge in [0, 0.05) is 11.4 Å². The lowest BCUT2D eigenvalue weighted by Gasteiger charge is -2.33. The first-order valence-corrected chi connectivity index (χ1v) is 6.13. The molecule has 1 aromatic carbocycles. The molecule has 0 aromatic heterocycles. The highest BCUT2D eigenvalue weighted by Crippen LogP contribution is 2.42. The van der Waals surface area contributed by atoms with Crippen molar-refractivity contribution in [3.05, 3.63) is 34.1 Å². The summed E-state index contributed by atoms with van der Waals surface area (Å²) >= 11 is 3.26. The summed E-state index contributed by atoms with van der Waals surface area (Å²) in [4.78, 5) is 0. The lowest BCUT2D eigenvalue weighted by molar-refractivity contribution is 0.282. The molecule has 0 atom stereocenters. The minimum atomic E-state index is -0.0636. The molecule has 86 valence electrons. The van der Waals surface area contributed by atoms with Gasteiger partial charge in [-0.3, -0.25) is 0 Å². The van der Waals surface area contributed by atoms with Gasteiger partial charge in [-0.15, -0.1) is 0 Å². The number of halogens is 2. The standard InChI is InChI=1S/C11H12BrF.C2H3N/c1-7-4-8(5-7)10-3-2-9(12)6-11(10)13;1-2-3/h2-3,6-8H,4-5H2,1H3;1H3. The van der Waals surface area contributed by atoms with E-state index in [9.17, 15) is 4.39 Å². The fraction of sp³-hybridized carbons (Fsp3) is 0.462. The van der Waals surface area contributed by atoms with Crippen LogP contribution < -0.4 is 0 Å². The quantitative estimate of drug-likeness (QED) is 0.737. The SMILES string of the molecule is CC#N.CC1CC(c2ccc(Br)cc2F)C1. The van der Waals surface area contributed by atoms with E-state index in [1.54, 1.807) is 12.1 Å². The largest absolute Gasteiger partial charge is 0.207 e. The van der Waals surface area contributed by atoms with Crippen molar-refractivity contribution in [1.29, 1.82) is 5.26 Å². The van der Waals surface area contributed by atoms with E-state index in [4.69, 9.17) is 5.26 Å². The zero-order valence-corrected chi connectivity index (χ0v) is 11.1. The van der Waals surface area contributed by atoms with Crippen LogP contribution in [0.4, 0.5) is 4.39 Å². The Bertz CT molecular complexity index is 391. The molecule has 0 saturated heterocycles. The molecule has 1 nitrogen and oxygen atoms in total. The minimum Gasteiger partial charge on any atom is -0.207 e. The fourth-order valence-electron chi connectivity index (χ4n) is 1.99. The Morgan fingerprint density at radius 2 is 2.00 bits per heavy atom. The third-order valence-corrected chi connectivity index (χ3v) is 3.27. The molecular formula is C13H15BrFN. The summed E-state index contributed by atoms with van der Waals surface area (Å²) in [6, 6.07) is 7.12. The third-order valence-electron chi connectivity index (χ3n) is 2.78. The normalized spacial score (nSPS) is 22.4. The molecule has 1 aliphatic carbocycles. The molecule has 0 unspecified atom stereocenters. The smallest absolute Gasteiger partial charge is 0.127 e. The van der Waals surface area contributed by atoms with Crippen LogP contribution in [-0.2, 0) is 0 Å². The van der Waals surface area contributed by atoms with Gasteiger partial charge in [-0.1, -0.05) is 28.9 Å². The third kappa shape index (κ3) is 3.31. The predicted molar refractivity (Wildman–Crippen MR) is 66.5 cm³/mol. The maximum atomic E-state index is 13.4. The summed E-state index contributed by atoms with van der Waals surface area (Å²) < 4.78 is 14.2. The Hall–Kier alpha value is -0.880. The van der Waals surface area contributed by atoms with E-state index in [0.717, 1.165) is 28.8 Å². The van der Waals surface area contributed by atoms with Crippen LogP contribution in [0.2, 0.25) is 0 Å². The van der Waals surface area contributed by atoms with Gasteiger partial charge in [0.05, 0.1) is 6.07 Å². The highest BCUT2D eigenvalue weighted by molar-refractivity contribution is 9.10. The first-order chi connectivity index (χ1) is 7.58. The van der Waals surface area contributed by atoms with E-state index in [-0.39, 0.29) is 5.82 Å². The van der Waals surface area contributed by atoms with Crippen LogP contribution in [0.5, 0.6) is 0 Å². The van der Waals surface area contributed by atoms with Crippen molar-refractivity contribution in [2.75, 3.05) is 0 Å². The van der Waals surface area contributed by atoms with Crippen LogP contribution in [0.15, 0.2) is 22.7 Å². The van der Waals surface area contributed by atoms with Crippen LogP contribution in [0.3, 0.4) is 0 Å². The predicted octanol–water partition coefficient (Wildman–Crippen LogP) is 4.63. The van der Waals surface area contributed by atoms with Crippen molar-refractivity contribution in [1.82, 2.24) is 0 Å². The Morgan fingerprint density at radius 1 is 1.44 bits per heavy atom. The molecule has 3 heteroatoms. The van der Waals surface area contributed by atoms with Gasteiger partial charge < -0.3 is 0 Å². The van der Waals surface area contributed by atoms with E-state index in [2.05, 4.69) is 22.9 Å². The van der Waals surface area contributed by atoms with Gasteiger partial charge >= 0.3 is 0 Å². The molecular weight excluding hydrogens is 269 g/mol. The maximum absolute atomic E-state index is 13.4. The second-order valence-electron chi connectivity index (χ2n) is 4.16. The Labute approximate surface area is 104 Å². The average Bonchev–Trinajstić information content (AvgIpc) is 2.15. The highest BCUT2D eigenvalue weighted by atomic mass is 79.9. The van der Waals surface area contributed by atoms with Gasteiger partial charge in [-0.25, -0.2) is 4.39 Å². The average molecular weight is 284 g/mol. The molecule has 0 amide bonds. The number of nitrogens with zero attached hydrogens (tertiary/aromatic N) is 1. The summed E-state index contributed by atoms with van der Waals surface area (Å²) in [5, 5.41) is 7.32. The van der Waals surface area contributed by atoms with Gasteiger partial charge in [0.1, 0.15) is 5.82 Å². The topological polar surface area (TPSA) is 23.8 Å². The molecule has 1 fully saturated rings. The zero-order valence-electron chi connectivity index (χ0n) is 9.50. The van der Waals surface area contributed by atoms with E-state index < -0.39 is 0 Å². The molecule has 1 aliphatic rings. The number of rotatable bonds is 1. The number of benzene rings is 1. The van der Waals surface area contributed by atoms with E-state index in [1.165, 1.54) is 6.92 Å². The molecule has 0 radical (unpaired) electrons. The Kier molecular flexibility index (Phi) is 4.95. The van der Waals surface area contributed by atoms with Gasteiger partial charge in [-0.2, -0.15) is 5.26 Å². The van der Waals surface area contributed by atoms with Crippen molar-refractivity contribution in [2.45, 2.75) is 32.6 Å². The first-order valence-electron chi connectivity index (χ1n) is 5.34. The number of hydrogen-bond acceptors (Lipinski definition) is 1. The lowest BCUT2D eigenvalue weighted by Crippen LogP contribution is -2.19. The van der Waals surface area contributed by atoms with Crippen LogP contribution in [0.1, 0.15) is 38.2 Å². The molecule has 0 aliphatic heterocycles. The summed E-state index contributed by atoms with van der Waals surface area (Å²) in [6.45, 7) is 3.65. The summed E-state index contributed by atoms with van der Waals surface area (Å²) in [5.41, 5.74) is 0.890. The van der Waals surface area contributed by atoms with Gasteiger partial charge in [0.2, 0.25) is 0 Å². The summed E-state index contributed by atoms with van der Waals surface area (Å²) in [7, 11) is 0. The van der Waals surface area contributed by atoms with Crippen LogP contribution in [0.25, 0.3) is 0 Å². The molecule has 16 heavy (non-hydrogen) atoms. The van der Waals surface area contributed by atoms with Crippen molar-refractivity contribution in [3.63, 3.8) is 0 Å². The van der Waals surface area contributed by atoms with Gasteiger partial charge in [-0.05, 0) is 42.4 Å². The van der Waals surface area contributed by atoms with Crippen LogP contribution in [-0.4, -0.2) is 0 Å². The van der Waals surface area contributed by atoms with Crippen molar-refractivity contribution < 1.29 is 4.39 Å². The van der Waals surface area contributed by atoms with Crippen molar-refractivity contribution in [2.24, 2.45) is 5.92 Å². The summed E-state index contributed by atoms with van der Waals surface area (Å²) in [6.07, 6.45) is 2.27. The Morgan fingerprint density at radius 3 is 2.44 bits per heavy atom. The molecule has 1 saturated carbocycles. The van der Waals surface area contributed by atoms with E-state index >= 15 is 0 Å². The molecule has 2 rings (SSSR count). The second-order valence-corrected chi connectivity index (χ2v) is 5.08. The monoisotopic (exact) mass is 283 g/mol. The minimum absolute atomic E-state index is 0.0636. The van der Waals surface area contributed by atoms with E-state index in [1.807, 2.05) is 12.1 Å². The van der Waals surface area contributed by atoms with Crippen molar-refractivity contribution >= 4 is 15.9 Å². The molecule has 1 aromatic rings. The second kappa shape index (κ2) is 6.00. The maximum Gasteiger partial charge on any atom is 0.127 e. The van der Waals surface area contributed by atoms with E-state index in [0.29, 0.717) is 5.92 Å². The zero-order chi connectivity index (χ0) is 12.1. The molecule has 0 spiro atoms. The number of nitriles is 1. The van der Waals surface area contributed by atoms with Crippen molar-refractivity contribution in [3.8, 4) is 6.07 Å². The summed E-state index contributed by atoms with van der Waals surface area (Å²) in [5.74, 6) is 1.17. The molecule has 0 heterocycles. The van der Waals surface area contributed by atoms with Crippen LogP contribution >= 0.6 is 15.9 Å². The Balaban J connectivity index is 0.000000386. The first kappa shape index (κ1) is 13.2. The van der Waals surface area contributed by atoms with Crippen LogP contribution in [0, 0.1) is 23.1 Å². The molecule has 0 N–H and O–H groups in total. The number of hydrogen-bond donors (Lipinski definition) is 0. The molecule has 0 bridgehead atoms. The van der Waals surface area contributed by atoms with Gasteiger partial charge in [0.15, 0.2) is 0 Å². The fourth-order valence-corrected chi connectivity index (χ4v) is 2.32. The lowest BCUT2D eigenvalue weighted by atomic mass is 9.72. The van der Waals surface area contributed by atoms with Gasteiger partial charge in [0.25, 0.3) is 0 Å².